The average Bonchev–Trinajstić information content (AvgIpc) is 2.76. The molecule has 0 bridgehead atoms. The fourth-order valence-corrected chi connectivity index (χ4v) is 3.43. The molecule has 0 atom stereocenters. The normalized spacial score (nSPS) is 25.6. The molecule has 2 aromatic rings. The predicted molar refractivity (Wildman–Crippen MR) is 76.5 cm³/mol. The largest absolute Gasteiger partial charge is 0.337 e. The van der Waals surface area contributed by atoms with Crippen LogP contribution in [0.25, 0.3) is 0 Å². The lowest BCUT2D eigenvalue weighted by atomic mass is 9.58. The maximum absolute atomic E-state index is 9.10. The fraction of sp³-hybridized carbons (Fsp3) is 0.333. The molecule has 0 spiro atoms. The number of hydrogen-bond acceptors (Lipinski definition) is 2. The fourth-order valence-electron chi connectivity index (χ4n) is 3.03. The highest BCUT2D eigenvalue weighted by Gasteiger charge is 2.49. The van der Waals surface area contributed by atoms with Crippen LogP contribution in [0.5, 0.6) is 0 Å². The van der Waals surface area contributed by atoms with E-state index in [4.69, 9.17) is 5.26 Å². The van der Waals surface area contributed by atoms with Crippen molar-refractivity contribution in [1.29, 1.82) is 5.26 Å². The molecule has 3 nitrogen and oxygen atoms in total. The van der Waals surface area contributed by atoms with Gasteiger partial charge in [0, 0.05) is 29.8 Å². The van der Waals surface area contributed by atoms with E-state index in [2.05, 4.69) is 43.7 Å². The molecule has 1 aromatic heterocycles. The number of aromatic nitrogens is 2. The third-order valence-electron chi connectivity index (χ3n) is 4.00. The van der Waals surface area contributed by atoms with E-state index < -0.39 is 0 Å². The Morgan fingerprint density at radius 3 is 2.84 bits per heavy atom. The van der Waals surface area contributed by atoms with E-state index in [9.17, 15) is 0 Å². The summed E-state index contributed by atoms with van der Waals surface area (Å²) in [6.07, 6.45) is 5.50. The molecule has 0 amide bonds. The van der Waals surface area contributed by atoms with Crippen LogP contribution in [0.3, 0.4) is 0 Å². The number of rotatable bonds is 2. The lowest BCUT2D eigenvalue weighted by Crippen LogP contribution is -2.43. The van der Waals surface area contributed by atoms with Crippen LogP contribution in [-0.2, 0) is 12.5 Å². The van der Waals surface area contributed by atoms with Gasteiger partial charge in [-0.05, 0) is 30.5 Å². The van der Waals surface area contributed by atoms with Gasteiger partial charge in [-0.15, -0.1) is 0 Å². The Morgan fingerprint density at radius 1 is 1.47 bits per heavy atom. The van der Waals surface area contributed by atoms with Crippen molar-refractivity contribution in [2.45, 2.75) is 18.3 Å². The minimum atomic E-state index is -0.109. The van der Waals surface area contributed by atoms with Gasteiger partial charge in [0.2, 0.25) is 0 Å². The summed E-state index contributed by atoms with van der Waals surface area (Å²) in [5, 5.41) is 9.10. The maximum atomic E-state index is 9.10. The summed E-state index contributed by atoms with van der Waals surface area (Å²) in [4.78, 5) is 4.52. The zero-order chi connectivity index (χ0) is 13.5. The van der Waals surface area contributed by atoms with Crippen molar-refractivity contribution in [3.8, 4) is 6.07 Å². The van der Waals surface area contributed by atoms with Gasteiger partial charge >= 0.3 is 0 Å². The van der Waals surface area contributed by atoms with Crippen molar-refractivity contribution in [3.63, 3.8) is 0 Å². The summed E-state index contributed by atoms with van der Waals surface area (Å²) in [6, 6.07) is 10.7. The first-order valence-electron chi connectivity index (χ1n) is 6.29. The molecule has 0 saturated heterocycles. The van der Waals surface area contributed by atoms with Crippen molar-refractivity contribution in [2.24, 2.45) is 13.0 Å². The van der Waals surface area contributed by atoms with Crippen LogP contribution >= 0.6 is 15.9 Å². The Labute approximate surface area is 121 Å². The zero-order valence-corrected chi connectivity index (χ0v) is 12.3. The van der Waals surface area contributed by atoms with Crippen LogP contribution in [0.4, 0.5) is 0 Å². The van der Waals surface area contributed by atoms with Gasteiger partial charge in [0.15, 0.2) is 0 Å². The van der Waals surface area contributed by atoms with Crippen LogP contribution in [0.1, 0.15) is 24.2 Å². The van der Waals surface area contributed by atoms with Crippen molar-refractivity contribution in [1.82, 2.24) is 9.55 Å². The minimum absolute atomic E-state index is 0.109. The quantitative estimate of drug-likeness (QED) is 0.852. The highest BCUT2D eigenvalue weighted by atomic mass is 79.9. The molecule has 19 heavy (non-hydrogen) atoms. The third kappa shape index (κ3) is 1.89. The predicted octanol–water partition coefficient (Wildman–Crippen LogP) is 3.40. The molecule has 0 unspecified atom stereocenters. The number of nitrogens with zero attached hydrogens (tertiary/aromatic N) is 3. The molecule has 0 N–H and O–H groups in total. The highest BCUT2D eigenvalue weighted by Crippen LogP contribution is 2.51. The van der Waals surface area contributed by atoms with Gasteiger partial charge in [-0.2, -0.15) is 5.26 Å². The number of imidazole rings is 1. The summed E-state index contributed by atoms with van der Waals surface area (Å²) in [7, 11) is 2.02. The lowest BCUT2D eigenvalue weighted by molar-refractivity contribution is 0.216. The molecule has 1 aliphatic carbocycles. The number of nitriles is 1. The monoisotopic (exact) mass is 315 g/mol. The first-order chi connectivity index (χ1) is 9.15. The van der Waals surface area contributed by atoms with Gasteiger partial charge in [-0.3, -0.25) is 0 Å². The van der Waals surface area contributed by atoms with Crippen LogP contribution in [0, 0.1) is 17.2 Å². The van der Waals surface area contributed by atoms with Crippen LogP contribution in [-0.4, -0.2) is 9.55 Å². The van der Waals surface area contributed by atoms with E-state index in [0.717, 1.165) is 23.1 Å². The summed E-state index contributed by atoms with van der Waals surface area (Å²) in [5.41, 5.74) is 1.13. The second-order valence-corrected chi connectivity index (χ2v) is 6.10. The first-order valence-corrected chi connectivity index (χ1v) is 7.08. The van der Waals surface area contributed by atoms with Gasteiger partial charge in [-0.1, -0.05) is 28.1 Å². The van der Waals surface area contributed by atoms with Crippen molar-refractivity contribution < 1.29 is 0 Å². The highest BCUT2D eigenvalue weighted by molar-refractivity contribution is 9.10. The van der Waals surface area contributed by atoms with E-state index in [1.54, 1.807) is 0 Å². The molecule has 1 aromatic carbocycles. The summed E-state index contributed by atoms with van der Waals surface area (Å²) < 4.78 is 3.13. The average molecular weight is 316 g/mol. The molecular weight excluding hydrogens is 302 g/mol. The number of halogens is 1. The second-order valence-electron chi connectivity index (χ2n) is 5.19. The summed E-state index contributed by atoms with van der Waals surface area (Å²) >= 11 is 3.53. The molecule has 1 heterocycles. The topological polar surface area (TPSA) is 41.6 Å². The van der Waals surface area contributed by atoms with E-state index in [0.29, 0.717) is 0 Å². The molecule has 3 rings (SSSR count). The molecule has 0 aliphatic heterocycles. The smallest absolute Gasteiger partial charge is 0.119 e. The zero-order valence-electron chi connectivity index (χ0n) is 10.7. The molecule has 4 heteroatoms. The Balaban J connectivity index is 2.10. The Hall–Kier alpha value is -1.60. The molecule has 1 fully saturated rings. The molecular formula is C15H14BrN3. The van der Waals surface area contributed by atoms with Gasteiger partial charge in [-0.25, -0.2) is 4.98 Å². The SMILES string of the molecule is Cn1ccnc1C1(c2cccc(Br)c2)CC(C#N)C1. The Kier molecular flexibility index (Phi) is 2.94. The van der Waals surface area contributed by atoms with E-state index in [-0.39, 0.29) is 11.3 Å². The number of hydrogen-bond donors (Lipinski definition) is 0. The van der Waals surface area contributed by atoms with E-state index in [1.807, 2.05) is 31.6 Å². The molecule has 96 valence electrons. The maximum Gasteiger partial charge on any atom is 0.119 e. The Morgan fingerprint density at radius 2 is 2.26 bits per heavy atom. The van der Waals surface area contributed by atoms with Gasteiger partial charge in [0.1, 0.15) is 5.82 Å². The van der Waals surface area contributed by atoms with Crippen LogP contribution in [0.15, 0.2) is 41.1 Å². The number of benzene rings is 1. The standard InChI is InChI=1S/C15H14BrN3/c1-19-6-5-18-14(19)15(8-11(9-15)10-17)12-3-2-4-13(16)7-12/h2-7,11H,8-9H2,1H3. The van der Waals surface area contributed by atoms with Crippen molar-refractivity contribution in [3.05, 3.63) is 52.5 Å². The van der Waals surface area contributed by atoms with Crippen molar-refractivity contribution >= 4 is 15.9 Å². The molecule has 0 radical (unpaired) electrons. The van der Waals surface area contributed by atoms with Crippen LogP contribution in [0.2, 0.25) is 0 Å². The lowest BCUT2D eigenvalue weighted by Gasteiger charge is -2.44. The van der Waals surface area contributed by atoms with Crippen LogP contribution < -0.4 is 0 Å². The molecule has 1 aliphatic rings. The minimum Gasteiger partial charge on any atom is -0.337 e. The Bertz CT molecular complexity index is 647. The van der Waals surface area contributed by atoms with Gasteiger partial charge in [0.05, 0.1) is 11.5 Å². The third-order valence-corrected chi connectivity index (χ3v) is 4.49. The summed E-state index contributed by atoms with van der Waals surface area (Å²) in [6.45, 7) is 0. The summed E-state index contributed by atoms with van der Waals surface area (Å²) in [5.74, 6) is 1.19. The van der Waals surface area contributed by atoms with Crippen molar-refractivity contribution in [2.75, 3.05) is 0 Å². The van der Waals surface area contributed by atoms with E-state index >= 15 is 0 Å². The second kappa shape index (κ2) is 4.50. The number of aryl methyl sites for hydroxylation is 1. The van der Waals surface area contributed by atoms with E-state index in [1.165, 1.54) is 5.56 Å². The molecule has 1 saturated carbocycles. The first kappa shape index (κ1) is 12.4. The van der Waals surface area contributed by atoms with Gasteiger partial charge < -0.3 is 4.57 Å². The van der Waals surface area contributed by atoms with Gasteiger partial charge in [0.25, 0.3) is 0 Å².